The van der Waals surface area contributed by atoms with E-state index >= 15 is 0 Å². The number of aryl methyl sites for hydroxylation is 2. The van der Waals surface area contributed by atoms with Crippen LogP contribution < -0.4 is 5.32 Å². The van der Waals surface area contributed by atoms with Crippen LogP contribution in [0.15, 0.2) is 23.6 Å². The van der Waals surface area contributed by atoms with Gasteiger partial charge in [0, 0.05) is 11.1 Å². The fourth-order valence-corrected chi connectivity index (χ4v) is 1.82. The fraction of sp³-hybridized carbons (Fsp3) is 0.273. The van der Waals surface area contributed by atoms with Crippen molar-refractivity contribution in [1.29, 1.82) is 0 Å². The first-order chi connectivity index (χ1) is 7.25. The Kier molecular flexibility index (Phi) is 2.97. The minimum absolute atomic E-state index is 0.737. The number of hydrogen-bond donors (Lipinski definition) is 1. The van der Waals surface area contributed by atoms with E-state index in [-0.39, 0.29) is 0 Å². The van der Waals surface area contributed by atoms with E-state index in [1.807, 2.05) is 5.38 Å². The van der Waals surface area contributed by atoms with Crippen LogP contribution in [0.4, 0.5) is 5.69 Å². The molecule has 0 amide bonds. The molecule has 3 nitrogen and oxygen atoms in total. The Hall–Kier alpha value is -1.42. The van der Waals surface area contributed by atoms with Gasteiger partial charge in [-0.3, -0.25) is 0 Å². The summed E-state index contributed by atoms with van der Waals surface area (Å²) in [6.45, 7) is 4.93. The topological polar surface area (TPSA) is 37.8 Å². The Labute approximate surface area is 93.3 Å². The van der Waals surface area contributed by atoms with Crippen molar-refractivity contribution in [1.82, 2.24) is 9.59 Å². The molecule has 0 bridgehead atoms. The van der Waals surface area contributed by atoms with E-state index in [0.717, 1.165) is 12.2 Å². The lowest BCUT2D eigenvalue weighted by molar-refractivity contribution is 0.996. The molecule has 0 aliphatic carbocycles. The monoisotopic (exact) mass is 219 g/mol. The van der Waals surface area contributed by atoms with Gasteiger partial charge in [0.25, 0.3) is 0 Å². The molecule has 0 saturated carbocycles. The van der Waals surface area contributed by atoms with Crippen LogP contribution in [0.3, 0.4) is 0 Å². The van der Waals surface area contributed by atoms with Crippen molar-refractivity contribution < 1.29 is 0 Å². The predicted molar refractivity (Wildman–Crippen MR) is 63.2 cm³/mol. The molecule has 0 aliphatic rings. The van der Waals surface area contributed by atoms with Crippen LogP contribution in [-0.4, -0.2) is 9.59 Å². The van der Waals surface area contributed by atoms with Gasteiger partial charge in [0.1, 0.15) is 0 Å². The van der Waals surface area contributed by atoms with Crippen LogP contribution in [-0.2, 0) is 6.54 Å². The number of aromatic nitrogens is 2. The van der Waals surface area contributed by atoms with Gasteiger partial charge in [0.15, 0.2) is 0 Å². The predicted octanol–water partition coefficient (Wildman–Crippen LogP) is 2.77. The number of nitrogens with one attached hydrogen (secondary N) is 1. The molecule has 15 heavy (non-hydrogen) atoms. The summed E-state index contributed by atoms with van der Waals surface area (Å²) in [5, 5.41) is 9.31. The number of hydrogen-bond acceptors (Lipinski definition) is 4. The maximum Gasteiger partial charge on any atom is 0.0946 e. The average Bonchev–Trinajstić information content (AvgIpc) is 2.72. The normalized spacial score (nSPS) is 10.3. The highest BCUT2D eigenvalue weighted by atomic mass is 32.1. The van der Waals surface area contributed by atoms with E-state index in [9.17, 15) is 0 Å². The molecule has 78 valence electrons. The SMILES string of the molecule is Cc1ccc(C)c(NCc2csnn2)c1. The van der Waals surface area contributed by atoms with Crippen LogP contribution in [0.1, 0.15) is 16.8 Å². The van der Waals surface area contributed by atoms with Gasteiger partial charge in [-0.25, -0.2) is 0 Å². The molecule has 0 aliphatic heterocycles. The third kappa shape index (κ3) is 2.53. The Balaban J connectivity index is 2.07. The molecular weight excluding hydrogens is 206 g/mol. The molecule has 1 N–H and O–H groups in total. The highest BCUT2D eigenvalue weighted by molar-refractivity contribution is 7.03. The fourth-order valence-electron chi connectivity index (χ4n) is 1.37. The molecule has 0 unspecified atom stereocenters. The Morgan fingerprint density at radius 1 is 1.33 bits per heavy atom. The lowest BCUT2D eigenvalue weighted by atomic mass is 10.1. The Morgan fingerprint density at radius 2 is 2.20 bits per heavy atom. The second-order valence-electron chi connectivity index (χ2n) is 3.57. The van der Waals surface area contributed by atoms with Gasteiger partial charge in [-0.2, -0.15) is 0 Å². The van der Waals surface area contributed by atoms with Gasteiger partial charge in [-0.05, 0) is 42.6 Å². The third-order valence-electron chi connectivity index (χ3n) is 2.26. The first-order valence-corrected chi connectivity index (χ1v) is 5.66. The standard InChI is InChI=1S/C11H13N3S/c1-8-3-4-9(2)11(5-8)12-6-10-7-15-14-13-10/h3-5,7,12H,6H2,1-2H3. The average molecular weight is 219 g/mol. The van der Waals surface area contributed by atoms with Crippen molar-refractivity contribution in [3.63, 3.8) is 0 Å². The van der Waals surface area contributed by atoms with Crippen LogP contribution in [0.25, 0.3) is 0 Å². The lowest BCUT2D eigenvalue weighted by Crippen LogP contribution is -2.01. The van der Waals surface area contributed by atoms with Gasteiger partial charge < -0.3 is 5.32 Å². The molecule has 0 radical (unpaired) electrons. The van der Waals surface area contributed by atoms with Crippen molar-refractivity contribution in [2.45, 2.75) is 20.4 Å². The number of benzene rings is 1. The smallest absolute Gasteiger partial charge is 0.0946 e. The Bertz CT molecular complexity index is 437. The van der Waals surface area contributed by atoms with Gasteiger partial charge in [0.2, 0.25) is 0 Å². The van der Waals surface area contributed by atoms with Crippen LogP contribution in [0.5, 0.6) is 0 Å². The zero-order valence-corrected chi connectivity index (χ0v) is 9.64. The first kappa shape index (κ1) is 10.1. The minimum atomic E-state index is 0.737. The van der Waals surface area contributed by atoms with E-state index < -0.39 is 0 Å². The summed E-state index contributed by atoms with van der Waals surface area (Å²) in [7, 11) is 0. The first-order valence-electron chi connectivity index (χ1n) is 4.83. The van der Waals surface area contributed by atoms with Crippen molar-refractivity contribution in [3.05, 3.63) is 40.4 Å². The zero-order valence-electron chi connectivity index (χ0n) is 8.82. The third-order valence-corrected chi connectivity index (χ3v) is 2.81. The summed E-state index contributed by atoms with van der Waals surface area (Å²) in [5.41, 5.74) is 4.67. The quantitative estimate of drug-likeness (QED) is 0.862. The van der Waals surface area contributed by atoms with E-state index in [0.29, 0.717) is 0 Å². The summed E-state index contributed by atoms with van der Waals surface area (Å²) in [6, 6.07) is 6.39. The van der Waals surface area contributed by atoms with Crippen LogP contribution in [0.2, 0.25) is 0 Å². The molecule has 1 heterocycles. The molecule has 0 fully saturated rings. The molecule has 0 atom stereocenters. The van der Waals surface area contributed by atoms with Crippen LogP contribution in [0, 0.1) is 13.8 Å². The molecule has 2 rings (SSSR count). The maximum absolute atomic E-state index is 3.99. The van der Waals surface area contributed by atoms with Crippen molar-refractivity contribution in [2.24, 2.45) is 0 Å². The highest BCUT2D eigenvalue weighted by Gasteiger charge is 1.99. The molecule has 1 aromatic carbocycles. The molecule has 1 aromatic heterocycles. The second-order valence-corrected chi connectivity index (χ2v) is 4.18. The maximum atomic E-state index is 3.99. The van der Waals surface area contributed by atoms with E-state index in [2.05, 4.69) is 47.0 Å². The Morgan fingerprint density at radius 3 is 2.93 bits per heavy atom. The number of anilines is 1. The highest BCUT2D eigenvalue weighted by Crippen LogP contribution is 2.17. The van der Waals surface area contributed by atoms with Crippen molar-refractivity contribution >= 4 is 17.2 Å². The summed E-state index contributed by atoms with van der Waals surface area (Å²) >= 11 is 1.38. The summed E-state index contributed by atoms with van der Waals surface area (Å²) in [5.74, 6) is 0. The minimum Gasteiger partial charge on any atom is -0.379 e. The molecule has 0 spiro atoms. The van der Waals surface area contributed by atoms with Crippen LogP contribution >= 0.6 is 11.5 Å². The molecule has 0 saturated heterocycles. The van der Waals surface area contributed by atoms with Gasteiger partial charge >= 0.3 is 0 Å². The second kappa shape index (κ2) is 4.40. The van der Waals surface area contributed by atoms with Gasteiger partial charge in [0.05, 0.1) is 12.2 Å². The van der Waals surface area contributed by atoms with Gasteiger partial charge in [-0.15, -0.1) is 5.10 Å². The van der Waals surface area contributed by atoms with Gasteiger partial charge in [-0.1, -0.05) is 16.6 Å². The molecule has 4 heteroatoms. The summed E-state index contributed by atoms with van der Waals surface area (Å²) in [6.07, 6.45) is 0. The summed E-state index contributed by atoms with van der Waals surface area (Å²) < 4.78 is 3.83. The molecular formula is C11H13N3S. The molecule has 2 aromatic rings. The van der Waals surface area contributed by atoms with Crippen molar-refractivity contribution in [3.8, 4) is 0 Å². The number of nitrogens with zero attached hydrogens (tertiary/aromatic N) is 2. The van der Waals surface area contributed by atoms with E-state index in [1.54, 1.807) is 0 Å². The largest absolute Gasteiger partial charge is 0.379 e. The number of rotatable bonds is 3. The van der Waals surface area contributed by atoms with E-state index in [1.165, 1.54) is 28.3 Å². The zero-order chi connectivity index (χ0) is 10.7. The van der Waals surface area contributed by atoms with Crippen molar-refractivity contribution in [2.75, 3.05) is 5.32 Å². The lowest BCUT2D eigenvalue weighted by Gasteiger charge is -2.08. The van der Waals surface area contributed by atoms with E-state index in [4.69, 9.17) is 0 Å². The summed E-state index contributed by atoms with van der Waals surface area (Å²) in [4.78, 5) is 0.